The van der Waals surface area contributed by atoms with Gasteiger partial charge in [0, 0.05) is 12.0 Å². The molecule has 0 spiro atoms. The average molecular weight is 260 g/mol. The minimum Gasteiger partial charge on any atom is -0.497 e. The Kier molecular flexibility index (Phi) is 4.23. The summed E-state index contributed by atoms with van der Waals surface area (Å²) in [6.45, 7) is 2.13. The van der Waals surface area contributed by atoms with E-state index in [1.807, 2.05) is 24.3 Å². The van der Waals surface area contributed by atoms with Crippen molar-refractivity contribution >= 4 is 5.97 Å². The van der Waals surface area contributed by atoms with Crippen LogP contribution >= 0.6 is 0 Å². The number of ether oxygens (including phenoxy) is 2. The number of hydrogen-bond donors (Lipinski definition) is 0. The van der Waals surface area contributed by atoms with Gasteiger partial charge in [-0.1, -0.05) is 12.1 Å². The maximum atomic E-state index is 11.7. The van der Waals surface area contributed by atoms with Crippen LogP contribution in [-0.4, -0.2) is 19.7 Å². The van der Waals surface area contributed by atoms with Crippen LogP contribution < -0.4 is 4.74 Å². The smallest absolute Gasteiger partial charge is 0.341 e. The number of rotatable bonds is 5. The fourth-order valence-corrected chi connectivity index (χ4v) is 1.85. The topological polar surface area (TPSA) is 48.7 Å². The summed E-state index contributed by atoms with van der Waals surface area (Å²) in [5.74, 6) is 0.438. The van der Waals surface area contributed by atoms with Crippen LogP contribution in [0.4, 0.5) is 0 Å². The van der Waals surface area contributed by atoms with E-state index in [2.05, 4.69) is 0 Å². The van der Waals surface area contributed by atoms with E-state index in [4.69, 9.17) is 13.9 Å². The Morgan fingerprint density at radius 1 is 1.32 bits per heavy atom. The highest BCUT2D eigenvalue weighted by Gasteiger charge is 2.15. The van der Waals surface area contributed by atoms with E-state index in [1.54, 1.807) is 20.3 Å². The summed E-state index contributed by atoms with van der Waals surface area (Å²) in [5.41, 5.74) is 2.34. The van der Waals surface area contributed by atoms with Gasteiger partial charge in [0.1, 0.15) is 17.6 Å². The lowest BCUT2D eigenvalue weighted by molar-refractivity contribution is 0.0524. The predicted molar refractivity (Wildman–Crippen MR) is 70.5 cm³/mol. The zero-order chi connectivity index (χ0) is 13.7. The molecular weight excluding hydrogens is 244 g/mol. The molecule has 0 radical (unpaired) electrons. The van der Waals surface area contributed by atoms with Crippen LogP contribution in [0.3, 0.4) is 0 Å². The maximum Gasteiger partial charge on any atom is 0.341 e. The van der Waals surface area contributed by atoms with Gasteiger partial charge in [-0.15, -0.1) is 0 Å². The molecule has 0 bridgehead atoms. The molecule has 1 aromatic carbocycles. The fourth-order valence-electron chi connectivity index (χ4n) is 1.85. The van der Waals surface area contributed by atoms with E-state index in [-0.39, 0.29) is 5.97 Å². The van der Waals surface area contributed by atoms with Crippen molar-refractivity contribution in [1.29, 1.82) is 0 Å². The molecule has 1 heterocycles. The first-order valence-electron chi connectivity index (χ1n) is 6.09. The second-order valence-electron chi connectivity index (χ2n) is 4.06. The van der Waals surface area contributed by atoms with Gasteiger partial charge in [0.2, 0.25) is 0 Å². The summed E-state index contributed by atoms with van der Waals surface area (Å²) >= 11 is 0. The molecule has 0 aliphatic heterocycles. The van der Waals surface area contributed by atoms with Crippen LogP contribution in [0.5, 0.6) is 5.75 Å². The van der Waals surface area contributed by atoms with Gasteiger partial charge in [-0.3, -0.25) is 0 Å². The first kappa shape index (κ1) is 13.2. The van der Waals surface area contributed by atoms with Crippen LogP contribution in [0.2, 0.25) is 0 Å². The maximum absolute atomic E-state index is 11.7. The molecule has 0 fully saturated rings. The summed E-state index contributed by atoms with van der Waals surface area (Å²) in [7, 11) is 1.63. The normalized spacial score (nSPS) is 10.2. The Balaban J connectivity index is 2.19. The van der Waals surface area contributed by atoms with Gasteiger partial charge >= 0.3 is 5.97 Å². The summed E-state index contributed by atoms with van der Waals surface area (Å²) in [6.07, 6.45) is 3.60. The number of carbonyl (C=O) groups excluding carboxylic acids is 1. The molecule has 0 unspecified atom stereocenters. The predicted octanol–water partition coefficient (Wildman–Crippen LogP) is 3.06. The molecule has 4 nitrogen and oxygen atoms in total. The Morgan fingerprint density at radius 2 is 2.16 bits per heavy atom. The van der Waals surface area contributed by atoms with Crippen molar-refractivity contribution in [1.82, 2.24) is 0 Å². The van der Waals surface area contributed by atoms with E-state index < -0.39 is 0 Å². The minimum absolute atomic E-state index is 0.350. The van der Waals surface area contributed by atoms with Crippen molar-refractivity contribution in [3.63, 3.8) is 0 Å². The van der Waals surface area contributed by atoms with E-state index >= 15 is 0 Å². The first-order valence-corrected chi connectivity index (χ1v) is 6.09. The second-order valence-corrected chi connectivity index (χ2v) is 4.06. The van der Waals surface area contributed by atoms with Crippen molar-refractivity contribution in [3.8, 4) is 5.75 Å². The third-order valence-corrected chi connectivity index (χ3v) is 2.77. The van der Waals surface area contributed by atoms with Gasteiger partial charge in [0.05, 0.1) is 20.0 Å². The number of carbonyl (C=O) groups is 1. The molecule has 0 aliphatic rings. The SMILES string of the molecule is CCOC(=O)c1cocc1Cc1cccc(OC)c1. The number of hydrogen-bond acceptors (Lipinski definition) is 4. The van der Waals surface area contributed by atoms with E-state index in [1.165, 1.54) is 6.26 Å². The Labute approximate surface area is 111 Å². The lowest BCUT2D eigenvalue weighted by atomic mass is 10.0. The molecule has 0 atom stereocenters. The zero-order valence-corrected chi connectivity index (χ0v) is 11.0. The first-order chi connectivity index (χ1) is 9.24. The number of furan rings is 1. The Morgan fingerprint density at radius 3 is 2.89 bits per heavy atom. The number of benzene rings is 1. The van der Waals surface area contributed by atoms with E-state index in [0.29, 0.717) is 18.6 Å². The van der Waals surface area contributed by atoms with Gasteiger partial charge in [0.25, 0.3) is 0 Å². The van der Waals surface area contributed by atoms with Gasteiger partial charge in [-0.05, 0) is 24.6 Å². The lowest BCUT2D eigenvalue weighted by Gasteiger charge is -2.05. The monoisotopic (exact) mass is 260 g/mol. The molecule has 0 saturated heterocycles. The fraction of sp³-hybridized carbons (Fsp3) is 0.267. The molecule has 2 rings (SSSR count). The largest absolute Gasteiger partial charge is 0.497 e. The van der Waals surface area contributed by atoms with Crippen LogP contribution in [0, 0.1) is 0 Å². The lowest BCUT2D eigenvalue weighted by Crippen LogP contribution is -2.06. The molecule has 0 amide bonds. The molecule has 100 valence electrons. The second kappa shape index (κ2) is 6.09. The van der Waals surface area contributed by atoms with Crippen molar-refractivity contribution in [2.24, 2.45) is 0 Å². The third-order valence-electron chi connectivity index (χ3n) is 2.77. The Hall–Kier alpha value is -2.23. The van der Waals surface area contributed by atoms with Crippen LogP contribution in [0.1, 0.15) is 28.4 Å². The number of esters is 1. The number of methoxy groups -OCH3 is 1. The molecule has 0 saturated carbocycles. The van der Waals surface area contributed by atoms with Crippen molar-refractivity contribution in [2.75, 3.05) is 13.7 Å². The van der Waals surface area contributed by atoms with Crippen molar-refractivity contribution in [3.05, 3.63) is 53.5 Å². The molecule has 2 aromatic rings. The summed E-state index contributed by atoms with van der Waals surface area (Å²) in [6, 6.07) is 7.70. The van der Waals surface area contributed by atoms with Gasteiger partial charge in [-0.25, -0.2) is 4.79 Å². The highest BCUT2D eigenvalue weighted by molar-refractivity contribution is 5.90. The third kappa shape index (κ3) is 3.16. The summed E-state index contributed by atoms with van der Waals surface area (Å²) in [4.78, 5) is 11.7. The molecule has 4 heteroatoms. The molecule has 19 heavy (non-hydrogen) atoms. The zero-order valence-electron chi connectivity index (χ0n) is 11.0. The average Bonchev–Trinajstić information content (AvgIpc) is 2.87. The van der Waals surface area contributed by atoms with Crippen molar-refractivity contribution in [2.45, 2.75) is 13.3 Å². The summed E-state index contributed by atoms with van der Waals surface area (Å²) in [5, 5.41) is 0. The minimum atomic E-state index is -0.353. The quantitative estimate of drug-likeness (QED) is 0.775. The molecule has 0 N–H and O–H groups in total. The highest BCUT2D eigenvalue weighted by Crippen LogP contribution is 2.19. The summed E-state index contributed by atoms with van der Waals surface area (Å²) < 4.78 is 15.3. The van der Waals surface area contributed by atoms with Gasteiger partial charge in [-0.2, -0.15) is 0 Å². The van der Waals surface area contributed by atoms with Crippen molar-refractivity contribution < 1.29 is 18.7 Å². The van der Waals surface area contributed by atoms with Crippen LogP contribution in [0.15, 0.2) is 41.2 Å². The highest BCUT2D eigenvalue weighted by atomic mass is 16.5. The molecule has 1 aromatic heterocycles. The van der Waals surface area contributed by atoms with Gasteiger partial charge in [0.15, 0.2) is 0 Å². The molecule has 0 aliphatic carbocycles. The Bertz CT molecular complexity index is 557. The van der Waals surface area contributed by atoms with Crippen LogP contribution in [-0.2, 0) is 11.2 Å². The standard InChI is InChI=1S/C15H16O4/c1-3-19-15(16)14-10-18-9-12(14)7-11-5-4-6-13(8-11)17-2/h4-6,8-10H,3,7H2,1-2H3. The van der Waals surface area contributed by atoms with E-state index in [9.17, 15) is 4.79 Å². The van der Waals surface area contributed by atoms with Gasteiger partial charge < -0.3 is 13.9 Å². The van der Waals surface area contributed by atoms with E-state index in [0.717, 1.165) is 16.9 Å². The van der Waals surface area contributed by atoms with Crippen LogP contribution in [0.25, 0.3) is 0 Å². The molecular formula is C15H16O4.